The Morgan fingerprint density at radius 1 is 1.15 bits per heavy atom. The van der Waals surface area contributed by atoms with Crippen molar-refractivity contribution in [1.29, 1.82) is 0 Å². The minimum Gasteiger partial charge on any atom is -0.340 e. The van der Waals surface area contributed by atoms with Gasteiger partial charge in [0.05, 0.1) is 11.8 Å². The van der Waals surface area contributed by atoms with Crippen molar-refractivity contribution in [3.8, 4) is 0 Å². The first-order valence-corrected chi connectivity index (χ1v) is 8.38. The van der Waals surface area contributed by atoms with E-state index in [9.17, 15) is 17.6 Å². The molecule has 1 aromatic carbocycles. The highest BCUT2D eigenvalue weighted by Crippen LogP contribution is 2.39. The van der Waals surface area contributed by atoms with Gasteiger partial charge in [0.2, 0.25) is 0 Å². The largest absolute Gasteiger partial charge is 0.416 e. The lowest BCUT2D eigenvalue weighted by Gasteiger charge is -2.24. The zero-order valence-electron chi connectivity index (χ0n) is 13.3. The number of hydrogen-bond donors (Lipinski definition) is 1. The maximum Gasteiger partial charge on any atom is 0.416 e. The van der Waals surface area contributed by atoms with Crippen molar-refractivity contribution in [2.75, 3.05) is 5.32 Å². The van der Waals surface area contributed by atoms with Crippen LogP contribution in [0.5, 0.6) is 0 Å². The molecule has 3 aromatic rings. The van der Waals surface area contributed by atoms with Crippen molar-refractivity contribution in [3.05, 3.63) is 52.6 Å². The van der Waals surface area contributed by atoms with Crippen molar-refractivity contribution >= 4 is 28.8 Å². The Hall–Kier alpha value is -2.35. The number of alkyl halides is 3. The Balaban J connectivity index is 1.76. The molecule has 4 nitrogen and oxygen atoms in total. The van der Waals surface area contributed by atoms with Gasteiger partial charge in [0.15, 0.2) is 5.65 Å². The fraction of sp³-hybridized carbons (Fsp3) is 0.294. The zero-order chi connectivity index (χ0) is 18.5. The van der Waals surface area contributed by atoms with Crippen LogP contribution in [0.25, 0.3) is 5.65 Å². The normalized spacial score (nSPS) is 15.3. The maximum atomic E-state index is 13.6. The summed E-state index contributed by atoms with van der Waals surface area (Å²) in [6.45, 7) is 0. The van der Waals surface area contributed by atoms with Crippen LogP contribution in [-0.2, 0) is 6.18 Å². The molecule has 26 heavy (non-hydrogen) atoms. The second-order valence-electron chi connectivity index (χ2n) is 6.28. The summed E-state index contributed by atoms with van der Waals surface area (Å²) >= 11 is 6.07. The Bertz CT molecular complexity index is 979. The summed E-state index contributed by atoms with van der Waals surface area (Å²) in [6, 6.07) is 3.69. The zero-order valence-corrected chi connectivity index (χ0v) is 14.1. The number of rotatable bonds is 3. The molecule has 0 spiro atoms. The van der Waals surface area contributed by atoms with Gasteiger partial charge in [0.25, 0.3) is 0 Å². The Labute approximate surface area is 150 Å². The van der Waals surface area contributed by atoms with Gasteiger partial charge in [-0.25, -0.2) is 9.37 Å². The number of nitrogens with one attached hydrogen (secondary N) is 1. The number of nitrogens with zero attached hydrogens (tertiary/aromatic N) is 3. The summed E-state index contributed by atoms with van der Waals surface area (Å²) in [4.78, 5) is 4.29. The van der Waals surface area contributed by atoms with Crippen LogP contribution in [0.2, 0.25) is 5.15 Å². The summed E-state index contributed by atoms with van der Waals surface area (Å²) in [5.74, 6) is -0.323. The first-order chi connectivity index (χ1) is 12.3. The van der Waals surface area contributed by atoms with Gasteiger partial charge < -0.3 is 5.32 Å². The third-order valence-electron chi connectivity index (χ3n) is 4.51. The van der Waals surface area contributed by atoms with Gasteiger partial charge in [-0.15, -0.1) is 0 Å². The molecule has 0 amide bonds. The molecule has 1 saturated carbocycles. The number of hydrogen-bond acceptors (Lipinski definition) is 3. The molecule has 2 aromatic heterocycles. The van der Waals surface area contributed by atoms with E-state index in [1.54, 1.807) is 6.20 Å². The standard InChI is InChI=1S/C17H13ClF4N4/c18-14-7-15(24-12-5-10(17(20,21)22)4-11(19)6-12)26-16(25-14)13(8-23-26)9-2-1-3-9/h4-9,24H,1-3H2. The van der Waals surface area contributed by atoms with Crippen molar-refractivity contribution in [3.63, 3.8) is 0 Å². The Morgan fingerprint density at radius 3 is 2.58 bits per heavy atom. The highest BCUT2D eigenvalue weighted by Gasteiger charge is 2.31. The summed E-state index contributed by atoms with van der Waals surface area (Å²) in [7, 11) is 0. The lowest BCUT2D eigenvalue weighted by molar-refractivity contribution is -0.137. The molecule has 0 unspecified atom stereocenters. The van der Waals surface area contributed by atoms with E-state index in [1.807, 2.05) is 0 Å². The molecule has 1 fully saturated rings. The van der Waals surface area contributed by atoms with E-state index in [-0.39, 0.29) is 10.8 Å². The van der Waals surface area contributed by atoms with Crippen molar-refractivity contribution in [2.45, 2.75) is 31.4 Å². The number of aromatic nitrogens is 3. The van der Waals surface area contributed by atoms with E-state index in [0.717, 1.165) is 37.0 Å². The smallest absolute Gasteiger partial charge is 0.340 e. The third-order valence-corrected chi connectivity index (χ3v) is 4.70. The van der Waals surface area contributed by atoms with E-state index in [4.69, 9.17) is 11.6 Å². The van der Waals surface area contributed by atoms with Crippen LogP contribution in [0.4, 0.5) is 29.1 Å². The van der Waals surface area contributed by atoms with Gasteiger partial charge in [-0.2, -0.15) is 22.8 Å². The summed E-state index contributed by atoms with van der Waals surface area (Å²) < 4.78 is 53.8. The highest BCUT2D eigenvalue weighted by atomic mass is 35.5. The molecule has 0 saturated heterocycles. The summed E-state index contributed by atoms with van der Waals surface area (Å²) in [5, 5.41) is 7.21. The molecule has 1 N–H and O–H groups in total. The monoisotopic (exact) mass is 384 g/mol. The first kappa shape index (κ1) is 17.1. The molecule has 1 aliphatic carbocycles. The molecule has 1 aliphatic rings. The van der Waals surface area contributed by atoms with E-state index in [2.05, 4.69) is 15.4 Å². The van der Waals surface area contributed by atoms with Crippen LogP contribution in [0.3, 0.4) is 0 Å². The summed E-state index contributed by atoms with van der Waals surface area (Å²) in [5.41, 5.74) is 0.378. The van der Waals surface area contributed by atoms with Gasteiger partial charge >= 0.3 is 6.18 Å². The SMILES string of the molecule is Fc1cc(Nc2cc(Cl)nc3c(C4CCC4)cnn23)cc(C(F)(F)F)c1. The highest BCUT2D eigenvalue weighted by molar-refractivity contribution is 6.29. The van der Waals surface area contributed by atoms with Gasteiger partial charge in [0.1, 0.15) is 16.8 Å². The van der Waals surface area contributed by atoms with Crippen LogP contribution < -0.4 is 5.32 Å². The predicted molar refractivity (Wildman–Crippen MR) is 89.3 cm³/mol. The van der Waals surface area contributed by atoms with Crippen molar-refractivity contribution in [1.82, 2.24) is 14.6 Å². The number of benzene rings is 1. The average molecular weight is 385 g/mol. The van der Waals surface area contributed by atoms with Gasteiger partial charge in [-0.05, 0) is 37.0 Å². The Kier molecular flexibility index (Phi) is 4.02. The summed E-state index contributed by atoms with van der Waals surface area (Å²) in [6.07, 6.45) is 0.263. The first-order valence-electron chi connectivity index (χ1n) is 8.00. The second-order valence-corrected chi connectivity index (χ2v) is 6.67. The minimum absolute atomic E-state index is 0.0541. The number of halogens is 5. The minimum atomic E-state index is -4.65. The van der Waals surface area contributed by atoms with Gasteiger partial charge in [-0.3, -0.25) is 0 Å². The molecule has 4 rings (SSSR count). The van der Waals surface area contributed by atoms with Crippen LogP contribution in [-0.4, -0.2) is 14.6 Å². The lowest BCUT2D eigenvalue weighted by atomic mass is 9.81. The van der Waals surface area contributed by atoms with E-state index in [0.29, 0.717) is 23.4 Å². The topological polar surface area (TPSA) is 42.2 Å². The fourth-order valence-electron chi connectivity index (χ4n) is 3.02. The van der Waals surface area contributed by atoms with Crippen LogP contribution in [0.1, 0.15) is 36.3 Å². The second kappa shape index (κ2) is 6.12. The predicted octanol–water partition coefficient (Wildman–Crippen LogP) is 5.55. The van der Waals surface area contributed by atoms with Gasteiger partial charge in [0, 0.05) is 17.3 Å². The molecule has 0 atom stereocenters. The van der Waals surface area contributed by atoms with Gasteiger partial charge in [-0.1, -0.05) is 18.0 Å². The van der Waals surface area contributed by atoms with Crippen LogP contribution in [0.15, 0.2) is 30.5 Å². The maximum absolute atomic E-state index is 13.6. The van der Waals surface area contributed by atoms with Crippen molar-refractivity contribution in [2.24, 2.45) is 0 Å². The molecular weight excluding hydrogens is 372 g/mol. The van der Waals surface area contributed by atoms with E-state index in [1.165, 1.54) is 10.6 Å². The molecule has 0 bridgehead atoms. The van der Waals surface area contributed by atoms with Crippen LogP contribution in [0, 0.1) is 5.82 Å². The molecule has 136 valence electrons. The third kappa shape index (κ3) is 3.09. The molecule has 2 heterocycles. The van der Waals surface area contributed by atoms with E-state index < -0.39 is 17.6 Å². The Morgan fingerprint density at radius 2 is 1.92 bits per heavy atom. The average Bonchev–Trinajstić information content (AvgIpc) is 2.88. The number of fused-ring (bicyclic) bond motifs is 1. The van der Waals surface area contributed by atoms with E-state index >= 15 is 0 Å². The van der Waals surface area contributed by atoms with Crippen LogP contribution >= 0.6 is 11.6 Å². The lowest BCUT2D eigenvalue weighted by Crippen LogP contribution is -2.09. The fourth-order valence-corrected chi connectivity index (χ4v) is 3.20. The molecular formula is C17H13ClF4N4. The molecule has 0 radical (unpaired) electrons. The van der Waals surface area contributed by atoms with Crippen molar-refractivity contribution < 1.29 is 17.6 Å². The molecule has 0 aliphatic heterocycles. The quantitative estimate of drug-likeness (QED) is 0.475. The number of anilines is 2. The molecule has 9 heteroatoms.